The van der Waals surface area contributed by atoms with Crippen molar-refractivity contribution >= 4 is 29.2 Å². The highest BCUT2D eigenvalue weighted by atomic mass is 35.5. The zero-order valence-corrected chi connectivity index (χ0v) is 14.7. The molecule has 1 atom stereocenters. The minimum atomic E-state index is -0.885. The number of methoxy groups -OCH3 is 1. The number of hydrogen-bond donors (Lipinski definition) is 1. The topological polar surface area (TPSA) is 98.5 Å². The molecule has 0 saturated heterocycles. The van der Waals surface area contributed by atoms with Gasteiger partial charge in [-0.15, -0.1) is 0 Å². The van der Waals surface area contributed by atoms with E-state index in [0.717, 1.165) is 5.56 Å². The third-order valence-electron chi connectivity index (χ3n) is 3.64. The van der Waals surface area contributed by atoms with Crippen LogP contribution in [0.25, 0.3) is 0 Å². The van der Waals surface area contributed by atoms with Crippen molar-refractivity contribution in [3.63, 3.8) is 0 Å². The zero-order chi connectivity index (χ0) is 19.1. The molecule has 0 spiro atoms. The maximum Gasteiger partial charge on any atom is 0.328 e. The first-order chi connectivity index (χ1) is 12.4. The van der Waals surface area contributed by atoms with E-state index >= 15 is 0 Å². The third kappa shape index (κ3) is 5.56. The van der Waals surface area contributed by atoms with Crippen LogP contribution in [0.15, 0.2) is 48.5 Å². The average molecular weight is 377 g/mol. The molecule has 7 nitrogen and oxygen atoms in total. The van der Waals surface area contributed by atoms with Crippen LogP contribution in [-0.4, -0.2) is 30.0 Å². The van der Waals surface area contributed by atoms with Crippen molar-refractivity contribution < 1.29 is 19.2 Å². The van der Waals surface area contributed by atoms with Crippen LogP contribution >= 0.6 is 11.6 Å². The predicted molar refractivity (Wildman–Crippen MR) is 95.9 cm³/mol. The first-order valence-corrected chi connectivity index (χ1v) is 8.12. The maximum atomic E-state index is 12.3. The van der Waals surface area contributed by atoms with Gasteiger partial charge in [-0.3, -0.25) is 14.9 Å². The van der Waals surface area contributed by atoms with E-state index in [1.807, 2.05) is 0 Å². The van der Waals surface area contributed by atoms with Gasteiger partial charge in [-0.25, -0.2) is 4.79 Å². The summed E-state index contributed by atoms with van der Waals surface area (Å²) in [7, 11) is 1.24. The van der Waals surface area contributed by atoms with Gasteiger partial charge in [0.1, 0.15) is 6.04 Å². The summed E-state index contributed by atoms with van der Waals surface area (Å²) in [6.07, 6.45) is 0.124. The lowest BCUT2D eigenvalue weighted by molar-refractivity contribution is -0.384. The van der Waals surface area contributed by atoms with Crippen LogP contribution in [-0.2, 0) is 27.2 Å². The number of carbonyl (C=O) groups is 2. The summed E-state index contributed by atoms with van der Waals surface area (Å²) in [5.74, 6) is -1.03. The number of nitro groups is 1. The highest BCUT2D eigenvalue weighted by Gasteiger charge is 2.22. The predicted octanol–water partition coefficient (Wildman–Crippen LogP) is 2.69. The summed E-state index contributed by atoms with van der Waals surface area (Å²) in [6, 6.07) is 11.8. The molecule has 2 aromatic rings. The Hall–Kier alpha value is -2.93. The van der Waals surface area contributed by atoms with Crippen molar-refractivity contribution in [2.45, 2.75) is 18.9 Å². The van der Waals surface area contributed by atoms with Crippen molar-refractivity contribution in [1.82, 2.24) is 5.32 Å². The molecule has 136 valence electrons. The molecule has 0 aliphatic rings. The fourth-order valence-corrected chi connectivity index (χ4v) is 2.66. The number of esters is 1. The number of nitro benzene ring substituents is 1. The Bertz CT molecular complexity index is 825. The van der Waals surface area contributed by atoms with Gasteiger partial charge in [-0.05, 0) is 23.3 Å². The summed E-state index contributed by atoms with van der Waals surface area (Å²) in [6.45, 7) is 0. The fourth-order valence-electron chi connectivity index (χ4n) is 2.45. The van der Waals surface area contributed by atoms with E-state index < -0.39 is 22.8 Å². The lowest BCUT2D eigenvalue weighted by Crippen LogP contribution is -2.43. The van der Waals surface area contributed by atoms with Gasteiger partial charge in [0.2, 0.25) is 5.91 Å². The summed E-state index contributed by atoms with van der Waals surface area (Å²) in [4.78, 5) is 34.5. The number of amides is 1. The standard InChI is InChI=1S/C18H17ClN2O5/c1-26-18(23)16(10-12-4-2-6-14(19)8-12)20-17(22)11-13-5-3-7-15(9-13)21(24)25/h2-9,16H,10-11H2,1H3,(H,20,22)/t16-/m1/s1. The Morgan fingerprint density at radius 1 is 1.19 bits per heavy atom. The van der Waals surface area contributed by atoms with Crippen molar-refractivity contribution in [3.05, 3.63) is 74.8 Å². The van der Waals surface area contributed by atoms with Gasteiger partial charge in [0.25, 0.3) is 5.69 Å². The van der Waals surface area contributed by atoms with E-state index in [4.69, 9.17) is 16.3 Å². The van der Waals surface area contributed by atoms with Gasteiger partial charge in [0.05, 0.1) is 18.5 Å². The van der Waals surface area contributed by atoms with Gasteiger partial charge < -0.3 is 10.1 Å². The number of nitrogens with zero attached hydrogens (tertiary/aromatic N) is 1. The van der Waals surface area contributed by atoms with Crippen molar-refractivity contribution in [1.29, 1.82) is 0 Å². The van der Waals surface area contributed by atoms with Crippen LogP contribution in [0.2, 0.25) is 5.02 Å². The van der Waals surface area contributed by atoms with E-state index in [1.54, 1.807) is 30.3 Å². The van der Waals surface area contributed by atoms with Gasteiger partial charge in [0, 0.05) is 23.6 Å². The van der Waals surface area contributed by atoms with Gasteiger partial charge in [0.15, 0.2) is 0 Å². The van der Waals surface area contributed by atoms with E-state index in [1.165, 1.54) is 25.3 Å². The minimum Gasteiger partial charge on any atom is -0.467 e. The zero-order valence-electron chi connectivity index (χ0n) is 14.0. The first-order valence-electron chi connectivity index (χ1n) is 7.74. The second-order valence-electron chi connectivity index (χ2n) is 5.58. The normalized spacial score (nSPS) is 11.5. The molecule has 1 amide bonds. The molecule has 0 aliphatic carbocycles. The molecule has 0 heterocycles. The molecule has 1 N–H and O–H groups in total. The van der Waals surface area contributed by atoms with E-state index in [-0.39, 0.29) is 18.5 Å². The fraction of sp³-hybridized carbons (Fsp3) is 0.222. The number of carbonyl (C=O) groups excluding carboxylic acids is 2. The highest BCUT2D eigenvalue weighted by Crippen LogP contribution is 2.15. The molecule has 0 aliphatic heterocycles. The van der Waals surface area contributed by atoms with Crippen LogP contribution in [0.1, 0.15) is 11.1 Å². The monoisotopic (exact) mass is 376 g/mol. The second-order valence-corrected chi connectivity index (χ2v) is 6.02. The Kier molecular flexibility index (Phi) is 6.68. The molecular weight excluding hydrogens is 360 g/mol. The molecular formula is C18H17ClN2O5. The van der Waals surface area contributed by atoms with Crippen molar-refractivity contribution in [2.24, 2.45) is 0 Å². The van der Waals surface area contributed by atoms with Gasteiger partial charge in [-0.2, -0.15) is 0 Å². The summed E-state index contributed by atoms with van der Waals surface area (Å²) < 4.78 is 4.74. The third-order valence-corrected chi connectivity index (χ3v) is 3.87. The Morgan fingerprint density at radius 2 is 1.88 bits per heavy atom. The van der Waals surface area contributed by atoms with Crippen LogP contribution in [0.4, 0.5) is 5.69 Å². The van der Waals surface area contributed by atoms with Crippen LogP contribution in [0.5, 0.6) is 0 Å². The first kappa shape index (κ1) is 19.4. The number of halogens is 1. The second kappa shape index (κ2) is 8.96. The number of non-ortho nitro benzene ring substituents is 1. The molecule has 0 radical (unpaired) electrons. The smallest absolute Gasteiger partial charge is 0.328 e. The average Bonchev–Trinajstić information content (AvgIpc) is 2.60. The van der Waals surface area contributed by atoms with Crippen LogP contribution in [0.3, 0.4) is 0 Å². The van der Waals surface area contributed by atoms with Gasteiger partial charge in [-0.1, -0.05) is 35.9 Å². The van der Waals surface area contributed by atoms with E-state index in [9.17, 15) is 19.7 Å². The molecule has 2 aromatic carbocycles. The quantitative estimate of drug-likeness (QED) is 0.455. The molecule has 0 saturated carbocycles. The Labute approximate surface area is 155 Å². The van der Waals surface area contributed by atoms with Crippen molar-refractivity contribution in [3.8, 4) is 0 Å². The minimum absolute atomic E-state index is 0.0925. The van der Waals surface area contributed by atoms with E-state index in [0.29, 0.717) is 10.6 Å². The summed E-state index contributed by atoms with van der Waals surface area (Å²) in [5.41, 5.74) is 1.14. The number of nitrogens with one attached hydrogen (secondary N) is 1. The van der Waals surface area contributed by atoms with Crippen molar-refractivity contribution in [2.75, 3.05) is 7.11 Å². The molecule has 0 unspecified atom stereocenters. The Morgan fingerprint density at radius 3 is 2.54 bits per heavy atom. The summed E-state index contributed by atoms with van der Waals surface area (Å²) in [5, 5.41) is 13.9. The molecule has 8 heteroatoms. The number of benzene rings is 2. The van der Waals surface area contributed by atoms with Gasteiger partial charge >= 0.3 is 5.97 Å². The Balaban J connectivity index is 2.07. The lowest BCUT2D eigenvalue weighted by atomic mass is 10.1. The summed E-state index contributed by atoms with van der Waals surface area (Å²) >= 11 is 5.94. The number of rotatable bonds is 7. The van der Waals surface area contributed by atoms with E-state index in [2.05, 4.69) is 5.32 Å². The largest absolute Gasteiger partial charge is 0.467 e. The van der Waals surface area contributed by atoms with Crippen LogP contribution in [0, 0.1) is 10.1 Å². The number of hydrogen-bond acceptors (Lipinski definition) is 5. The van der Waals surface area contributed by atoms with Crippen LogP contribution < -0.4 is 5.32 Å². The highest BCUT2D eigenvalue weighted by molar-refractivity contribution is 6.30. The molecule has 26 heavy (non-hydrogen) atoms. The molecule has 0 bridgehead atoms. The SMILES string of the molecule is COC(=O)[C@@H](Cc1cccc(Cl)c1)NC(=O)Cc1cccc([N+](=O)[O-])c1. The molecule has 2 rings (SSSR count). The number of ether oxygens (including phenoxy) is 1. The molecule has 0 fully saturated rings. The molecule has 0 aromatic heterocycles. The lowest BCUT2D eigenvalue weighted by Gasteiger charge is -2.17. The maximum absolute atomic E-state index is 12.3.